The van der Waals surface area contributed by atoms with Gasteiger partial charge in [0, 0.05) is 12.0 Å². The summed E-state index contributed by atoms with van der Waals surface area (Å²) in [6, 6.07) is 6.22. The van der Waals surface area contributed by atoms with Gasteiger partial charge >= 0.3 is 0 Å². The molecule has 2 saturated carbocycles. The Balaban J connectivity index is 1.25. The average Bonchev–Trinajstić information content (AvgIpc) is 3.60. The number of amides is 1. The highest BCUT2D eigenvalue weighted by molar-refractivity contribution is 7.99. The standard InChI is InChI=1S/C18H19N5O2S2/c1-25-12-6-7-13-14(8-12)27-17(19-13)20-15(24)9-26-18-22-21-16(10-2-3-10)23(18)11-4-5-11/h6-8,10-11H,2-5,9H2,1H3,(H,19,20,24). The quantitative estimate of drug-likeness (QED) is 0.606. The molecule has 0 saturated heterocycles. The van der Waals surface area contributed by atoms with Crippen molar-refractivity contribution in [1.82, 2.24) is 19.7 Å². The number of carbonyl (C=O) groups excluding carboxylic acids is 1. The molecule has 9 heteroatoms. The molecule has 1 aromatic carbocycles. The topological polar surface area (TPSA) is 81.9 Å². The van der Waals surface area contributed by atoms with Crippen LogP contribution in [-0.2, 0) is 4.79 Å². The van der Waals surface area contributed by atoms with Gasteiger partial charge in [-0.2, -0.15) is 0 Å². The van der Waals surface area contributed by atoms with E-state index in [0.717, 1.165) is 26.9 Å². The SMILES string of the molecule is COc1ccc2nc(NC(=O)CSc3nnc(C4CC4)n3C3CC3)sc2c1. The molecule has 0 radical (unpaired) electrons. The van der Waals surface area contributed by atoms with Gasteiger partial charge < -0.3 is 14.6 Å². The van der Waals surface area contributed by atoms with E-state index >= 15 is 0 Å². The summed E-state index contributed by atoms with van der Waals surface area (Å²) in [7, 11) is 1.64. The number of thiazole rings is 1. The Kier molecular flexibility index (Phi) is 4.28. The number of hydrogen-bond donors (Lipinski definition) is 1. The zero-order chi connectivity index (χ0) is 18.4. The summed E-state index contributed by atoms with van der Waals surface area (Å²) in [5.41, 5.74) is 0.853. The second kappa shape index (κ2) is 6.79. The number of thioether (sulfide) groups is 1. The molecule has 0 unspecified atom stereocenters. The van der Waals surface area contributed by atoms with Crippen LogP contribution >= 0.6 is 23.1 Å². The monoisotopic (exact) mass is 401 g/mol. The van der Waals surface area contributed by atoms with E-state index in [1.54, 1.807) is 7.11 Å². The van der Waals surface area contributed by atoms with Crippen LogP contribution in [0.15, 0.2) is 23.4 Å². The van der Waals surface area contributed by atoms with Crippen molar-refractivity contribution in [1.29, 1.82) is 0 Å². The third-order valence-electron chi connectivity index (χ3n) is 4.72. The second-order valence-electron chi connectivity index (χ2n) is 6.91. The average molecular weight is 402 g/mol. The highest BCUT2D eigenvalue weighted by atomic mass is 32.2. The molecule has 140 valence electrons. The minimum Gasteiger partial charge on any atom is -0.497 e. The molecule has 1 amide bonds. The number of carbonyl (C=O) groups is 1. The zero-order valence-electron chi connectivity index (χ0n) is 14.8. The first-order chi connectivity index (χ1) is 13.2. The third kappa shape index (κ3) is 3.53. The largest absolute Gasteiger partial charge is 0.497 e. The molecule has 1 N–H and O–H groups in total. The van der Waals surface area contributed by atoms with E-state index in [1.807, 2.05) is 18.2 Å². The molecule has 27 heavy (non-hydrogen) atoms. The molecular formula is C18H19N5O2S2. The molecule has 2 aliphatic rings. The summed E-state index contributed by atoms with van der Waals surface area (Å²) in [5, 5.41) is 13.1. The molecule has 2 aromatic heterocycles. The van der Waals surface area contributed by atoms with Crippen LogP contribution in [0.2, 0.25) is 0 Å². The number of ether oxygens (including phenoxy) is 1. The van der Waals surface area contributed by atoms with Crippen molar-refractivity contribution in [3.63, 3.8) is 0 Å². The first kappa shape index (κ1) is 17.0. The first-order valence-corrected chi connectivity index (χ1v) is 10.8. The fourth-order valence-electron chi connectivity index (χ4n) is 3.05. The number of methoxy groups -OCH3 is 1. The number of fused-ring (bicyclic) bond motifs is 1. The van der Waals surface area contributed by atoms with Crippen molar-refractivity contribution in [2.75, 3.05) is 18.2 Å². The second-order valence-corrected chi connectivity index (χ2v) is 8.88. The van der Waals surface area contributed by atoms with Crippen molar-refractivity contribution < 1.29 is 9.53 Å². The highest BCUT2D eigenvalue weighted by Crippen LogP contribution is 2.46. The molecule has 2 fully saturated rings. The van der Waals surface area contributed by atoms with Crippen LogP contribution in [0.1, 0.15) is 43.5 Å². The normalized spacial score (nSPS) is 16.6. The number of nitrogens with one attached hydrogen (secondary N) is 1. The zero-order valence-corrected chi connectivity index (χ0v) is 16.5. The summed E-state index contributed by atoms with van der Waals surface area (Å²) in [6.07, 6.45) is 4.79. The summed E-state index contributed by atoms with van der Waals surface area (Å²) in [5.74, 6) is 2.69. The maximum absolute atomic E-state index is 12.4. The molecular weight excluding hydrogens is 382 g/mol. The lowest BCUT2D eigenvalue weighted by Crippen LogP contribution is -2.14. The number of aromatic nitrogens is 4. The maximum atomic E-state index is 12.4. The predicted molar refractivity (Wildman–Crippen MR) is 106 cm³/mol. The molecule has 5 rings (SSSR count). The fraction of sp³-hybridized carbons (Fsp3) is 0.444. The summed E-state index contributed by atoms with van der Waals surface area (Å²) >= 11 is 2.90. The minimum atomic E-state index is -0.0793. The van der Waals surface area contributed by atoms with Gasteiger partial charge in [0.2, 0.25) is 5.91 Å². The van der Waals surface area contributed by atoms with Crippen LogP contribution in [0.5, 0.6) is 5.75 Å². The van der Waals surface area contributed by atoms with E-state index < -0.39 is 0 Å². The molecule has 0 bridgehead atoms. The van der Waals surface area contributed by atoms with Crippen LogP contribution in [-0.4, -0.2) is 38.5 Å². The van der Waals surface area contributed by atoms with Gasteiger partial charge in [0.15, 0.2) is 10.3 Å². The van der Waals surface area contributed by atoms with Gasteiger partial charge in [0.25, 0.3) is 0 Å². The Morgan fingerprint density at radius 1 is 1.33 bits per heavy atom. The Hall–Kier alpha value is -2.13. The van der Waals surface area contributed by atoms with Crippen LogP contribution in [0.25, 0.3) is 10.2 Å². The number of hydrogen-bond acceptors (Lipinski definition) is 7. The lowest BCUT2D eigenvalue weighted by Gasteiger charge is -2.07. The lowest BCUT2D eigenvalue weighted by molar-refractivity contribution is -0.113. The Morgan fingerprint density at radius 2 is 2.19 bits per heavy atom. The van der Waals surface area contributed by atoms with Crippen molar-refractivity contribution in [2.24, 2.45) is 0 Å². The van der Waals surface area contributed by atoms with Gasteiger partial charge in [-0.05, 0) is 43.9 Å². The number of anilines is 1. The molecule has 3 aromatic rings. The van der Waals surface area contributed by atoms with E-state index in [9.17, 15) is 4.79 Å². The maximum Gasteiger partial charge on any atom is 0.236 e. The third-order valence-corrected chi connectivity index (χ3v) is 6.60. The van der Waals surface area contributed by atoms with Gasteiger partial charge in [-0.3, -0.25) is 4.79 Å². The van der Waals surface area contributed by atoms with E-state index in [2.05, 4.69) is 25.1 Å². The molecule has 2 aliphatic carbocycles. The predicted octanol–water partition coefficient (Wildman–Crippen LogP) is 3.84. The minimum absolute atomic E-state index is 0.0793. The van der Waals surface area contributed by atoms with Crippen LogP contribution < -0.4 is 10.1 Å². The smallest absolute Gasteiger partial charge is 0.236 e. The van der Waals surface area contributed by atoms with Crippen molar-refractivity contribution >= 4 is 44.4 Å². The van der Waals surface area contributed by atoms with Gasteiger partial charge in [-0.1, -0.05) is 23.1 Å². The Morgan fingerprint density at radius 3 is 2.93 bits per heavy atom. The molecule has 0 aliphatic heterocycles. The summed E-state index contributed by atoms with van der Waals surface area (Å²) in [4.78, 5) is 16.9. The number of benzene rings is 1. The number of nitrogens with zero attached hydrogens (tertiary/aromatic N) is 4. The fourth-order valence-corrected chi connectivity index (χ4v) is 4.78. The van der Waals surface area contributed by atoms with Gasteiger partial charge in [0.05, 0.1) is 23.1 Å². The molecule has 0 spiro atoms. The van der Waals surface area contributed by atoms with Gasteiger partial charge in [-0.25, -0.2) is 4.98 Å². The van der Waals surface area contributed by atoms with Crippen molar-refractivity contribution in [3.8, 4) is 5.75 Å². The van der Waals surface area contributed by atoms with E-state index in [0.29, 0.717) is 22.8 Å². The van der Waals surface area contributed by atoms with Crippen LogP contribution in [0.4, 0.5) is 5.13 Å². The van der Waals surface area contributed by atoms with Crippen LogP contribution in [0.3, 0.4) is 0 Å². The Labute approximate surface area is 164 Å². The van der Waals surface area contributed by atoms with Gasteiger partial charge in [0.1, 0.15) is 11.6 Å². The molecule has 0 atom stereocenters. The number of rotatable bonds is 7. The molecule has 2 heterocycles. The van der Waals surface area contributed by atoms with Gasteiger partial charge in [-0.15, -0.1) is 10.2 Å². The van der Waals surface area contributed by atoms with E-state index in [1.165, 1.54) is 48.8 Å². The lowest BCUT2D eigenvalue weighted by atomic mass is 10.3. The highest BCUT2D eigenvalue weighted by Gasteiger charge is 2.36. The van der Waals surface area contributed by atoms with E-state index in [-0.39, 0.29) is 5.91 Å². The first-order valence-electron chi connectivity index (χ1n) is 9.03. The Bertz CT molecular complexity index is 1010. The van der Waals surface area contributed by atoms with Crippen molar-refractivity contribution in [2.45, 2.75) is 42.8 Å². The molecule has 7 nitrogen and oxygen atoms in total. The van der Waals surface area contributed by atoms with Crippen molar-refractivity contribution in [3.05, 3.63) is 24.0 Å². The summed E-state index contributed by atoms with van der Waals surface area (Å²) < 4.78 is 8.48. The summed E-state index contributed by atoms with van der Waals surface area (Å²) in [6.45, 7) is 0. The van der Waals surface area contributed by atoms with Crippen LogP contribution in [0, 0.1) is 0 Å². The van der Waals surface area contributed by atoms with E-state index in [4.69, 9.17) is 4.74 Å².